The monoisotopic (exact) mass is 470 g/mol. The molecule has 3 heterocycles. The molecule has 1 unspecified atom stereocenters. The number of nitrogens with zero attached hydrogens (tertiary/aromatic N) is 4. The van der Waals surface area contributed by atoms with Crippen LogP contribution in [-0.4, -0.2) is 37.6 Å². The van der Waals surface area contributed by atoms with Gasteiger partial charge in [-0.1, -0.05) is 13.0 Å². The second-order valence-corrected chi connectivity index (χ2v) is 8.41. The molecule has 0 saturated carbocycles. The van der Waals surface area contributed by atoms with Crippen LogP contribution in [0.4, 0.5) is 19.6 Å². The Hall–Kier alpha value is -3.70. The van der Waals surface area contributed by atoms with E-state index in [2.05, 4.69) is 20.5 Å². The van der Waals surface area contributed by atoms with Crippen molar-refractivity contribution in [3.63, 3.8) is 0 Å². The van der Waals surface area contributed by atoms with E-state index in [4.69, 9.17) is 5.73 Å². The molecule has 0 radical (unpaired) electrons. The summed E-state index contributed by atoms with van der Waals surface area (Å²) in [5.41, 5.74) is 6.34. The van der Waals surface area contributed by atoms with E-state index in [1.807, 2.05) is 0 Å². The first-order valence-electron chi connectivity index (χ1n) is 9.96. The van der Waals surface area contributed by atoms with Gasteiger partial charge in [-0.05, 0) is 35.9 Å². The molecule has 1 amide bonds. The number of amides is 1. The number of aliphatic hydroxyl groups is 1. The van der Waals surface area contributed by atoms with E-state index >= 15 is 0 Å². The highest BCUT2D eigenvalue weighted by molar-refractivity contribution is 7.20. The number of primary amides is 1. The summed E-state index contributed by atoms with van der Waals surface area (Å²) in [5, 5.41) is 20.7. The number of aromatic nitrogens is 4. The van der Waals surface area contributed by atoms with E-state index in [0.29, 0.717) is 28.6 Å². The molecular weight excluding hydrogens is 450 g/mol. The molecule has 0 aliphatic heterocycles. The Balaban J connectivity index is 1.67. The fourth-order valence-corrected chi connectivity index (χ4v) is 4.35. The van der Waals surface area contributed by atoms with Crippen molar-refractivity contribution < 1.29 is 18.7 Å². The number of pyridine rings is 1. The average molecular weight is 471 g/mol. The van der Waals surface area contributed by atoms with Gasteiger partial charge in [0.15, 0.2) is 0 Å². The van der Waals surface area contributed by atoms with Crippen molar-refractivity contribution in [2.45, 2.75) is 19.4 Å². The van der Waals surface area contributed by atoms with Crippen LogP contribution in [0.5, 0.6) is 0 Å². The zero-order chi connectivity index (χ0) is 23.5. The second kappa shape index (κ2) is 9.43. The summed E-state index contributed by atoms with van der Waals surface area (Å²) in [6.45, 7) is 1.77. The minimum absolute atomic E-state index is 0.0857. The highest BCUT2D eigenvalue weighted by Crippen LogP contribution is 2.39. The molecule has 0 aliphatic rings. The van der Waals surface area contributed by atoms with Crippen molar-refractivity contribution in [3.8, 4) is 10.4 Å². The summed E-state index contributed by atoms with van der Waals surface area (Å²) in [6, 6.07) is 8.98. The van der Waals surface area contributed by atoms with E-state index in [0.717, 1.165) is 11.3 Å². The van der Waals surface area contributed by atoms with E-state index in [9.17, 15) is 18.7 Å². The van der Waals surface area contributed by atoms with Crippen molar-refractivity contribution in [3.05, 3.63) is 77.2 Å². The van der Waals surface area contributed by atoms with E-state index < -0.39 is 23.5 Å². The lowest BCUT2D eigenvalue weighted by Gasteiger charge is -2.11. The number of thiophene rings is 1. The SMILES string of the molecule is CC(CO)c1cc(F)c(-c2cc(C(N)=O)c(Nc3cccc(Cn4nccn4)n3)s2)c(F)c1. The molecule has 0 aliphatic carbocycles. The predicted octanol–water partition coefficient (Wildman–Crippen LogP) is 3.67. The van der Waals surface area contributed by atoms with Gasteiger partial charge in [0, 0.05) is 17.4 Å². The maximum absolute atomic E-state index is 14.8. The fourth-order valence-electron chi connectivity index (χ4n) is 3.23. The molecule has 0 bridgehead atoms. The van der Waals surface area contributed by atoms with Crippen LogP contribution in [0.1, 0.15) is 34.5 Å². The van der Waals surface area contributed by atoms with Gasteiger partial charge in [0.25, 0.3) is 5.91 Å². The molecule has 4 N–H and O–H groups in total. The number of carbonyl (C=O) groups excluding carboxylic acids is 1. The lowest BCUT2D eigenvalue weighted by Crippen LogP contribution is -2.12. The predicted molar refractivity (Wildman–Crippen MR) is 120 cm³/mol. The van der Waals surface area contributed by atoms with E-state index in [1.165, 1.54) is 23.0 Å². The third-order valence-electron chi connectivity index (χ3n) is 4.97. The first-order valence-corrected chi connectivity index (χ1v) is 10.8. The van der Waals surface area contributed by atoms with Gasteiger partial charge >= 0.3 is 0 Å². The number of anilines is 2. The van der Waals surface area contributed by atoms with Gasteiger partial charge in [-0.3, -0.25) is 4.79 Å². The minimum Gasteiger partial charge on any atom is -0.396 e. The minimum atomic E-state index is -0.791. The van der Waals surface area contributed by atoms with Crippen molar-refractivity contribution in [1.29, 1.82) is 0 Å². The van der Waals surface area contributed by atoms with Crippen LogP contribution in [0.15, 0.2) is 48.8 Å². The largest absolute Gasteiger partial charge is 0.396 e. The van der Waals surface area contributed by atoms with Gasteiger partial charge in [-0.15, -0.1) is 11.3 Å². The Kier molecular flexibility index (Phi) is 6.43. The lowest BCUT2D eigenvalue weighted by molar-refractivity contribution is 0.100. The molecule has 33 heavy (non-hydrogen) atoms. The molecule has 8 nitrogen and oxygen atoms in total. The highest BCUT2D eigenvalue weighted by Gasteiger charge is 2.22. The smallest absolute Gasteiger partial charge is 0.251 e. The van der Waals surface area contributed by atoms with Crippen LogP contribution >= 0.6 is 11.3 Å². The maximum atomic E-state index is 14.8. The number of nitrogens with two attached hydrogens (primary N) is 1. The Morgan fingerprint density at radius 1 is 1.21 bits per heavy atom. The normalized spacial score (nSPS) is 12.0. The standard InChI is InChI=1S/C22H20F2N6O2S/c1-12(11-31)13-7-16(23)20(17(24)8-13)18-9-15(21(25)32)22(33-18)29-19-4-2-3-14(28-19)10-30-26-5-6-27-30/h2-9,12,31H,10-11H2,1H3,(H2,25,32)(H,28,29). The molecule has 0 saturated heterocycles. The van der Waals surface area contributed by atoms with Crippen molar-refractivity contribution >= 4 is 28.1 Å². The maximum Gasteiger partial charge on any atom is 0.251 e. The van der Waals surface area contributed by atoms with Crippen LogP contribution < -0.4 is 11.1 Å². The van der Waals surface area contributed by atoms with Crippen LogP contribution in [-0.2, 0) is 6.54 Å². The summed E-state index contributed by atoms with van der Waals surface area (Å²) >= 11 is 0.984. The summed E-state index contributed by atoms with van der Waals surface area (Å²) in [6.07, 6.45) is 3.12. The third kappa shape index (κ3) is 4.89. The van der Waals surface area contributed by atoms with Gasteiger partial charge in [-0.25, -0.2) is 13.8 Å². The van der Waals surface area contributed by atoms with Crippen molar-refractivity contribution in [2.75, 3.05) is 11.9 Å². The molecule has 0 fully saturated rings. The van der Waals surface area contributed by atoms with Crippen LogP contribution in [0, 0.1) is 11.6 Å². The van der Waals surface area contributed by atoms with Crippen molar-refractivity contribution in [1.82, 2.24) is 20.0 Å². The van der Waals surface area contributed by atoms with Gasteiger partial charge in [-0.2, -0.15) is 15.0 Å². The van der Waals surface area contributed by atoms with Gasteiger partial charge in [0.05, 0.1) is 29.2 Å². The van der Waals surface area contributed by atoms with Gasteiger partial charge in [0.1, 0.15) is 29.0 Å². The van der Waals surface area contributed by atoms with Crippen LogP contribution in [0.25, 0.3) is 10.4 Å². The van der Waals surface area contributed by atoms with Gasteiger partial charge in [0.2, 0.25) is 0 Å². The van der Waals surface area contributed by atoms with Crippen LogP contribution in [0.3, 0.4) is 0 Å². The molecule has 170 valence electrons. The molecule has 1 aromatic carbocycles. The zero-order valence-electron chi connectivity index (χ0n) is 17.5. The number of aliphatic hydroxyl groups excluding tert-OH is 1. The fraction of sp³-hybridized carbons (Fsp3) is 0.182. The number of rotatable bonds is 8. The Bertz CT molecular complexity index is 1270. The number of benzene rings is 1. The number of hydrogen-bond acceptors (Lipinski definition) is 7. The summed E-state index contributed by atoms with van der Waals surface area (Å²) in [4.78, 5) is 18.2. The summed E-state index contributed by atoms with van der Waals surface area (Å²) in [5.74, 6) is -2.33. The second-order valence-electron chi connectivity index (χ2n) is 7.36. The first-order chi connectivity index (χ1) is 15.9. The number of carbonyl (C=O) groups is 1. The van der Waals surface area contributed by atoms with Gasteiger partial charge < -0.3 is 16.2 Å². The molecule has 4 rings (SSSR count). The zero-order valence-corrected chi connectivity index (χ0v) is 18.3. The molecular formula is C22H20F2N6O2S. The Labute approximate surface area is 191 Å². The highest BCUT2D eigenvalue weighted by atomic mass is 32.1. The number of halogens is 2. The van der Waals surface area contributed by atoms with E-state index in [-0.39, 0.29) is 22.6 Å². The first kappa shape index (κ1) is 22.5. The summed E-state index contributed by atoms with van der Waals surface area (Å²) in [7, 11) is 0. The van der Waals surface area contributed by atoms with Crippen molar-refractivity contribution in [2.24, 2.45) is 5.73 Å². The topological polar surface area (TPSA) is 119 Å². The third-order valence-corrected chi connectivity index (χ3v) is 6.04. The van der Waals surface area contributed by atoms with E-state index in [1.54, 1.807) is 37.5 Å². The average Bonchev–Trinajstić information content (AvgIpc) is 3.43. The lowest BCUT2D eigenvalue weighted by atomic mass is 9.99. The molecule has 0 spiro atoms. The van der Waals surface area contributed by atoms with Crippen LogP contribution in [0.2, 0.25) is 0 Å². The molecule has 3 aromatic heterocycles. The quantitative estimate of drug-likeness (QED) is 0.362. The number of hydrogen-bond donors (Lipinski definition) is 3. The summed E-state index contributed by atoms with van der Waals surface area (Å²) < 4.78 is 29.6. The molecule has 4 aromatic rings. The molecule has 1 atom stereocenters. The Morgan fingerprint density at radius 3 is 2.55 bits per heavy atom. The Morgan fingerprint density at radius 2 is 1.91 bits per heavy atom. The number of nitrogens with one attached hydrogen (secondary N) is 1. The molecule has 11 heteroatoms.